The number of nitrogens with zero attached hydrogens (tertiary/aromatic N) is 3. The maximum absolute atomic E-state index is 4.78. The second-order valence-corrected chi connectivity index (χ2v) is 5.40. The molecule has 1 saturated carbocycles. The van der Waals surface area contributed by atoms with Gasteiger partial charge in [-0.2, -0.15) is 0 Å². The molecule has 4 nitrogen and oxygen atoms in total. The first-order chi connectivity index (χ1) is 10.3. The third kappa shape index (κ3) is 2.23. The Balaban J connectivity index is 1.93. The highest BCUT2D eigenvalue weighted by Gasteiger charge is 2.27. The van der Waals surface area contributed by atoms with Gasteiger partial charge in [0.05, 0.1) is 11.2 Å². The van der Waals surface area contributed by atoms with Gasteiger partial charge in [-0.05, 0) is 25.0 Å². The summed E-state index contributed by atoms with van der Waals surface area (Å²) in [5, 5.41) is 4.27. The second kappa shape index (κ2) is 4.81. The van der Waals surface area contributed by atoms with Gasteiger partial charge in [-0.15, -0.1) is 0 Å². The first-order valence-electron chi connectivity index (χ1n) is 7.26. The number of hydrogen-bond donors (Lipinski definition) is 1. The molecular formula is C17H16N4. The molecule has 1 aliphatic carbocycles. The van der Waals surface area contributed by atoms with Gasteiger partial charge >= 0.3 is 0 Å². The third-order valence-electron chi connectivity index (χ3n) is 3.86. The molecule has 0 radical (unpaired) electrons. The lowest BCUT2D eigenvalue weighted by Crippen LogP contribution is -2.01. The smallest absolute Gasteiger partial charge is 0.134 e. The number of nitrogens with one attached hydrogen (secondary N) is 1. The molecule has 2 aromatic heterocycles. The van der Waals surface area contributed by atoms with Gasteiger partial charge in [-0.25, -0.2) is 9.97 Å². The summed E-state index contributed by atoms with van der Waals surface area (Å²) in [5.74, 6) is 2.37. The van der Waals surface area contributed by atoms with Crippen LogP contribution in [0.15, 0.2) is 42.6 Å². The summed E-state index contributed by atoms with van der Waals surface area (Å²) in [5.41, 5.74) is 3.07. The highest BCUT2D eigenvalue weighted by atomic mass is 15.0. The molecule has 4 rings (SSSR count). The summed E-state index contributed by atoms with van der Waals surface area (Å²) in [4.78, 5) is 13.8. The van der Waals surface area contributed by atoms with Crippen LogP contribution in [-0.2, 0) is 0 Å². The quantitative estimate of drug-likeness (QED) is 0.794. The zero-order valence-corrected chi connectivity index (χ0v) is 11.9. The number of rotatable bonds is 3. The molecule has 1 fully saturated rings. The lowest BCUT2D eigenvalue weighted by atomic mass is 10.1. The number of benzene rings is 1. The Bertz CT molecular complexity index is 803. The highest BCUT2D eigenvalue weighted by Crippen LogP contribution is 2.39. The maximum Gasteiger partial charge on any atom is 0.134 e. The number of aromatic nitrogens is 3. The minimum atomic E-state index is 0.533. The molecular weight excluding hydrogens is 260 g/mol. The second-order valence-electron chi connectivity index (χ2n) is 5.40. The number of hydrogen-bond acceptors (Lipinski definition) is 4. The largest absolute Gasteiger partial charge is 0.373 e. The van der Waals surface area contributed by atoms with Crippen molar-refractivity contribution >= 4 is 16.7 Å². The SMILES string of the molecule is CNc1cc(-c2cccc3ncccc23)nc(C2CC2)n1. The molecule has 1 N–H and O–H groups in total. The van der Waals surface area contributed by atoms with Crippen molar-refractivity contribution in [2.24, 2.45) is 0 Å². The Morgan fingerprint density at radius 1 is 1.10 bits per heavy atom. The molecule has 0 spiro atoms. The van der Waals surface area contributed by atoms with Gasteiger partial charge in [0.1, 0.15) is 11.6 Å². The van der Waals surface area contributed by atoms with Gasteiger partial charge in [-0.3, -0.25) is 4.98 Å². The molecule has 0 atom stereocenters. The van der Waals surface area contributed by atoms with Crippen molar-refractivity contribution in [2.75, 3.05) is 12.4 Å². The van der Waals surface area contributed by atoms with Crippen molar-refractivity contribution in [3.63, 3.8) is 0 Å². The average molecular weight is 276 g/mol. The maximum atomic E-state index is 4.78. The van der Waals surface area contributed by atoms with Crippen LogP contribution in [0, 0.1) is 0 Å². The number of fused-ring (bicyclic) bond motifs is 1. The molecule has 0 saturated heterocycles. The topological polar surface area (TPSA) is 50.7 Å². The molecule has 3 aromatic rings. The molecule has 104 valence electrons. The zero-order valence-electron chi connectivity index (χ0n) is 11.9. The fourth-order valence-corrected chi connectivity index (χ4v) is 2.58. The van der Waals surface area contributed by atoms with Crippen molar-refractivity contribution < 1.29 is 0 Å². The van der Waals surface area contributed by atoms with E-state index in [1.54, 1.807) is 0 Å². The van der Waals surface area contributed by atoms with E-state index in [1.807, 2.05) is 37.5 Å². The average Bonchev–Trinajstić information content (AvgIpc) is 3.39. The van der Waals surface area contributed by atoms with Crippen molar-refractivity contribution in [1.29, 1.82) is 0 Å². The standard InChI is InChI=1S/C17H16N4/c1-18-16-10-15(20-17(21-16)11-7-8-11)13-4-2-6-14-12(13)5-3-9-19-14/h2-6,9-11H,7-8H2,1H3,(H,18,20,21). The van der Waals surface area contributed by atoms with Crippen LogP contribution in [0.4, 0.5) is 5.82 Å². The first-order valence-corrected chi connectivity index (χ1v) is 7.26. The number of anilines is 1. The molecule has 1 aliphatic rings. The third-order valence-corrected chi connectivity index (χ3v) is 3.86. The van der Waals surface area contributed by atoms with Gasteiger partial charge in [-0.1, -0.05) is 18.2 Å². The molecule has 0 bridgehead atoms. The monoisotopic (exact) mass is 276 g/mol. The van der Waals surface area contributed by atoms with Crippen molar-refractivity contribution in [1.82, 2.24) is 15.0 Å². The molecule has 0 aliphatic heterocycles. The summed E-state index contributed by atoms with van der Waals surface area (Å²) in [6, 6.07) is 12.2. The summed E-state index contributed by atoms with van der Waals surface area (Å²) >= 11 is 0. The Morgan fingerprint density at radius 3 is 2.81 bits per heavy atom. The van der Waals surface area contributed by atoms with Crippen molar-refractivity contribution in [3.05, 3.63) is 48.4 Å². The van der Waals surface area contributed by atoms with E-state index >= 15 is 0 Å². The molecule has 21 heavy (non-hydrogen) atoms. The van der Waals surface area contributed by atoms with Crippen LogP contribution >= 0.6 is 0 Å². The van der Waals surface area contributed by atoms with E-state index in [2.05, 4.69) is 27.4 Å². The molecule has 1 aromatic carbocycles. The lowest BCUT2D eigenvalue weighted by Gasteiger charge is -2.09. The summed E-state index contributed by atoms with van der Waals surface area (Å²) in [6.45, 7) is 0. The predicted molar refractivity (Wildman–Crippen MR) is 84.3 cm³/mol. The van der Waals surface area contributed by atoms with Gasteiger partial charge in [0.15, 0.2) is 0 Å². The first kappa shape index (κ1) is 12.3. The molecule has 0 amide bonds. The highest BCUT2D eigenvalue weighted by molar-refractivity contribution is 5.93. The van der Waals surface area contributed by atoms with Crippen molar-refractivity contribution in [3.8, 4) is 11.3 Å². The Labute approximate surface area is 123 Å². The number of pyridine rings is 1. The van der Waals surface area contributed by atoms with Crippen LogP contribution in [0.2, 0.25) is 0 Å². The predicted octanol–water partition coefficient (Wildman–Crippen LogP) is 3.61. The summed E-state index contributed by atoms with van der Waals surface area (Å²) < 4.78 is 0. The minimum absolute atomic E-state index is 0.533. The zero-order chi connectivity index (χ0) is 14.2. The molecule has 4 heteroatoms. The van der Waals surface area contributed by atoms with Crippen LogP contribution in [0.5, 0.6) is 0 Å². The van der Waals surface area contributed by atoms with Crippen LogP contribution in [0.3, 0.4) is 0 Å². The van der Waals surface area contributed by atoms with E-state index < -0.39 is 0 Å². The minimum Gasteiger partial charge on any atom is -0.373 e. The van der Waals surface area contributed by atoms with Gasteiger partial charge < -0.3 is 5.32 Å². The summed E-state index contributed by atoms with van der Waals surface area (Å²) in [7, 11) is 1.90. The molecule has 2 heterocycles. The van der Waals surface area contributed by atoms with Crippen molar-refractivity contribution in [2.45, 2.75) is 18.8 Å². The van der Waals surface area contributed by atoms with E-state index in [0.29, 0.717) is 5.92 Å². The fourth-order valence-electron chi connectivity index (χ4n) is 2.58. The fraction of sp³-hybridized carbons (Fsp3) is 0.235. The summed E-state index contributed by atoms with van der Waals surface area (Å²) in [6.07, 6.45) is 4.22. The van der Waals surface area contributed by atoms with E-state index in [1.165, 1.54) is 12.8 Å². The Hall–Kier alpha value is -2.49. The Kier molecular flexibility index (Phi) is 2.81. The van der Waals surface area contributed by atoms with E-state index in [-0.39, 0.29) is 0 Å². The molecule has 0 unspecified atom stereocenters. The van der Waals surface area contributed by atoms with E-state index in [4.69, 9.17) is 4.98 Å². The van der Waals surface area contributed by atoms with Crippen LogP contribution in [0.1, 0.15) is 24.6 Å². The Morgan fingerprint density at radius 2 is 2.00 bits per heavy atom. The van der Waals surface area contributed by atoms with E-state index in [9.17, 15) is 0 Å². The van der Waals surface area contributed by atoms with Gasteiger partial charge in [0, 0.05) is 36.2 Å². The normalized spacial score (nSPS) is 14.3. The van der Waals surface area contributed by atoms with Crippen LogP contribution in [0.25, 0.3) is 22.2 Å². The van der Waals surface area contributed by atoms with Gasteiger partial charge in [0.2, 0.25) is 0 Å². The van der Waals surface area contributed by atoms with Crippen LogP contribution < -0.4 is 5.32 Å². The lowest BCUT2D eigenvalue weighted by molar-refractivity contribution is 0.933. The van der Waals surface area contributed by atoms with Gasteiger partial charge in [0.25, 0.3) is 0 Å². The van der Waals surface area contributed by atoms with E-state index in [0.717, 1.165) is 33.8 Å². The van der Waals surface area contributed by atoms with Crippen LogP contribution in [-0.4, -0.2) is 22.0 Å².